The Hall–Kier alpha value is -4.30. The molecule has 0 aromatic heterocycles. The van der Waals surface area contributed by atoms with Gasteiger partial charge in [-0.3, -0.25) is 38.4 Å². The van der Waals surface area contributed by atoms with Crippen LogP contribution in [-0.4, -0.2) is 228 Å². The predicted octanol–water partition coefficient (Wildman–Crippen LogP) is -0.977. The third-order valence-corrected chi connectivity index (χ3v) is 13.5. The highest BCUT2D eigenvalue weighted by Gasteiger charge is 2.40. The Labute approximate surface area is 397 Å². The van der Waals surface area contributed by atoms with Crippen LogP contribution in [0.5, 0.6) is 0 Å². The number of thioether (sulfide) groups is 2. The van der Waals surface area contributed by atoms with Gasteiger partial charge in [-0.05, 0) is 54.1 Å². The summed E-state index contributed by atoms with van der Waals surface area (Å²) >= 11 is 2.50. The molecule has 65 heavy (non-hydrogen) atoms. The lowest BCUT2D eigenvalue weighted by Crippen LogP contribution is -2.61. The summed E-state index contributed by atoms with van der Waals surface area (Å²) in [5.41, 5.74) is -1.92. The fraction of sp³-hybridized carbons (Fsp3) is 0.744. The van der Waals surface area contributed by atoms with Crippen molar-refractivity contribution < 1.29 is 57.4 Å². The number of likely N-dealkylation sites (N-methyl/N-ethyl adjacent to an activating group) is 5. The molecule has 0 aliphatic carbocycles. The van der Waals surface area contributed by atoms with E-state index in [1.54, 1.807) is 54.1 Å². The van der Waals surface area contributed by atoms with E-state index in [-0.39, 0.29) is 23.0 Å². The van der Waals surface area contributed by atoms with Gasteiger partial charge in [-0.25, -0.2) is 9.59 Å². The Balaban J connectivity index is 2.81. The van der Waals surface area contributed by atoms with E-state index in [9.17, 15) is 47.9 Å². The Kier molecular flexibility index (Phi) is 22.4. The first-order valence-electron chi connectivity index (χ1n) is 20.5. The molecule has 0 saturated carbocycles. The second kappa shape index (κ2) is 25.6. The van der Waals surface area contributed by atoms with Crippen LogP contribution in [0.2, 0.25) is 0 Å². The Morgan fingerprint density at radius 2 is 1.00 bits per heavy atom. The van der Waals surface area contributed by atoms with Gasteiger partial charge in [-0.1, -0.05) is 21.6 Å². The monoisotopic (exact) mass is 994 g/mol. The molecular formula is C39H66N10O12S4. The maximum Gasteiger partial charge on any atom is 0.408 e. The van der Waals surface area contributed by atoms with Gasteiger partial charge >= 0.3 is 12.2 Å². The number of ether oxygens (including phenoxy) is 2. The van der Waals surface area contributed by atoms with E-state index in [0.29, 0.717) is 0 Å². The van der Waals surface area contributed by atoms with Gasteiger partial charge < -0.3 is 60.6 Å². The molecule has 2 rings (SSSR count). The van der Waals surface area contributed by atoms with Gasteiger partial charge in [0.15, 0.2) is 0 Å². The molecule has 368 valence electrons. The van der Waals surface area contributed by atoms with E-state index in [4.69, 9.17) is 9.47 Å². The maximum atomic E-state index is 14.6. The molecule has 2 fully saturated rings. The van der Waals surface area contributed by atoms with E-state index in [1.807, 2.05) is 0 Å². The van der Waals surface area contributed by atoms with Crippen molar-refractivity contribution in [3.63, 3.8) is 0 Å². The summed E-state index contributed by atoms with van der Waals surface area (Å²) in [7, 11) is 9.07. The Morgan fingerprint density at radius 1 is 0.600 bits per heavy atom. The lowest BCUT2D eigenvalue weighted by atomic mass is 10.1. The number of hydrogen-bond donors (Lipinski definition) is 5. The van der Waals surface area contributed by atoms with Crippen molar-refractivity contribution in [3.05, 3.63) is 0 Å². The third-order valence-electron chi connectivity index (χ3n) is 9.85. The standard InChI is InChI=1S/C39H66N10O12S4/c1-38(2,3)60-36(58)43-22-14-40-32(54)24(18-62-12)48(10)34(56)26-20-64-65-21-27(47(9)28(50)15-41-30(22)52)35(57)49(11)25(19-63-13)33(55)45(7)17-23(44-37(59)61-39(4,5)6)31(53)42-16-29(51)46(26)8/h22-27H,14-21H2,1-13H3,(H,40,54)(H,41,52)(H,42,53)(H,43,58)(H,44,59)/t22-,23-,24+,25+,26+,27+/m1/s1. The summed E-state index contributed by atoms with van der Waals surface area (Å²) in [6.45, 7) is 7.48. The van der Waals surface area contributed by atoms with E-state index in [2.05, 4.69) is 26.6 Å². The predicted molar refractivity (Wildman–Crippen MR) is 251 cm³/mol. The molecule has 26 heteroatoms. The maximum absolute atomic E-state index is 14.6. The zero-order valence-corrected chi connectivity index (χ0v) is 42.7. The molecule has 0 unspecified atom stereocenters. The van der Waals surface area contributed by atoms with Gasteiger partial charge in [0.1, 0.15) is 47.5 Å². The molecular weight excluding hydrogens is 929 g/mol. The fourth-order valence-corrected chi connectivity index (χ4v) is 10.0. The van der Waals surface area contributed by atoms with Gasteiger partial charge in [0.05, 0.1) is 13.1 Å². The molecule has 2 saturated heterocycles. The van der Waals surface area contributed by atoms with Crippen LogP contribution in [0.1, 0.15) is 41.5 Å². The van der Waals surface area contributed by atoms with Crippen LogP contribution in [-0.2, 0) is 47.8 Å². The number of fused-ring (bicyclic) bond motifs is 5. The zero-order chi connectivity index (χ0) is 49.6. The minimum atomic E-state index is -1.48. The van der Waals surface area contributed by atoms with Crippen molar-refractivity contribution in [2.45, 2.75) is 89.0 Å². The van der Waals surface area contributed by atoms with Crippen LogP contribution in [0, 0.1) is 0 Å². The number of carbonyl (C=O) groups is 10. The topological polar surface area (TPSA) is 266 Å². The van der Waals surface area contributed by atoms with E-state index in [1.165, 1.54) is 68.6 Å². The minimum absolute atomic E-state index is 0.0748. The van der Waals surface area contributed by atoms with Crippen LogP contribution in [0.15, 0.2) is 0 Å². The number of nitrogens with one attached hydrogen (secondary N) is 5. The van der Waals surface area contributed by atoms with Gasteiger partial charge in [-0.15, -0.1) is 0 Å². The average molecular weight is 995 g/mol. The van der Waals surface area contributed by atoms with Crippen molar-refractivity contribution in [3.8, 4) is 0 Å². The molecule has 0 aromatic carbocycles. The number of rotatable bonds is 6. The second-order valence-electron chi connectivity index (χ2n) is 17.2. The molecule has 0 spiro atoms. The zero-order valence-electron chi connectivity index (χ0n) is 39.4. The molecule has 2 aliphatic heterocycles. The molecule has 0 aromatic rings. The van der Waals surface area contributed by atoms with Crippen LogP contribution < -0.4 is 26.6 Å². The highest BCUT2D eigenvalue weighted by molar-refractivity contribution is 8.76. The first kappa shape index (κ1) is 56.8. The van der Waals surface area contributed by atoms with Crippen molar-refractivity contribution in [2.75, 3.05) is 96.9 Å². The molecule has 10 amide bonds. The third kappa shape index (κ3) is 17.8. The van der Waals surface area contributed by atoms with Crippen LogP contribution in [0.3, 0.4) is 0 Å². The van der Waals surface area contributed by atoms with E-state index >= 15 is 0 Å². The van der Waals surface area contributed by atoms with Crippen molar-refractivity contribution in [1.29, 1.82) is 0 Å². The first-order valence-corrected chi connectivity index (χ1v) is 25.8. The van der Waals surface area contributed by atoms with Crippen molar-refractivity contribution >= 4 is 105 Å². The van der Waals surface area contributed by atoms with Crippen LogP contribution in [0.25, 0.3) is 0 Å². The highest BCUT2D eigenvalue weighted by atomic mass is 33.1. The van der Waals surface area contributed by atoms with Gasteiger partial charge in [-0.2, -0.15) is 23.5 Å². The number of amides is 10. The SMILES string of the molecule is CSC[C@H]1C(=O)NC[C@@H](NC(=O)OC(C)(C)C)C(=O)NCC(=O)N(C)[C@H]2CSSC[C@@H](C(=O)N1C)N(C)C(=O)CNC(=O)[C@H](NC(=O)OC(C)(C)C)CN(C)C(=O)[C@H](CSC)N(C)C2=O. The summed E-state index contributed by atoms with van der Waals surface area (Å²) in [4.78, 5) is 144. The van der Waals surface area contributed by atoms with Crippen LogP contribution >= 0.6 is 45.1 Å². The largest absolute Gasteiger partial charge is 0.444 e. The lowest BCUT2D eigenvalue weighted by molar-refractivity contribution is -0.148. The normalized spacial score (nSPS) is 25.0. The molecule has 2 aliphatic rings. The molecule has 2 heterocycles. The molecule has 6 atom stereocenters. The molecule has 2 bridgehead atoms. The van der Waals surface area contributed by atoms with Gasteiger partial charge in [0.2, 0.25) is 47.3 Å². The summed E-state index contributed by atoms with van der Waals surface area (Å²) in [6, 6.07) is -7.75. The molecule has 5 N–H and O–H groups in total. The second-order valence-corrected chi connectivity index (χ2v) is 21.6. The Bertz CT molecular complexity index is 1770. The summed E-state index contributed by atoms with van der Waals surface area (Å²) in [5.74, 6) is -5.86. The van der Waals surface area contributed by atoms with Gasteiger partial charge in [0.25, 0.3) is 0 Å². The van der Waals surface area contributed by atoms with Crippen molar-refractivity contribution in [1.82, 2.24) is 51.1 Å². The minimum Gasteiger partial charge on any atom is -0.444 e. The molecule has 0 radical (unpaired) electrons. The summed E-state index contributed by atoms with van der Waals surface area (Å²) in [6.07, 6.45) is 1.46. The van der Waals surface area contributed by atoms with E-state index in [0.717, 1.165) is 36.3 Å². The quantitative estimate of drug-likeness (QED) is 0.200. The number of alkyl carbamates (subject to hydrolysis) is 2. The van der Waals surface area contributed by atoms with Crippen molar-refractivity contribution in [2.24, 2.45) is 0 Å². The summed E-state index contributed by atoms with van der Waals surface area (Å²) in [5, 5.41) is 12.5. The highest BCUT2D eigenvalue weighted by Crippen LogP contribution is 2.28. The smallest absolute Gasteiger partial charge is 0.408 e. The average Bonchev–Trinajstić information content (AvgIpc) is 3.21. The first-order chi connectivity index (χ1) is 30.1. The van der Waals surface area contributed by atoms with Crippen LogP contribution in [0.4, 0.5) is 9.59 Å². The number of nitrogens with zero attached hydrogens (tertiary/aromatic N) is 5. The van der Waals surface area contributed by atoms with E-state index < -0.39 is 133 Å². The Morgan fingerprint density at radius 3 is 1.43 bits per heavy atom. The van der Waals surface area contributed by atoms with Gasteiger partial charge in [0, 0.05) is 71.3 Å². The number of carbonyl (C=O) groups excluding carboxylic acids is 10. The fourth-order valence-electron chi connectivity index (χ4n) is 6.14. The molecule has 22 nitrogen and oxygen atoms in total. The number of hydrogen-bond acceptors (Lipinski definition) is 16. The lowest BCUT2D eigenvalue weighted by Gasteiger charge is -2.37. The summed E-state index contributed by atoms with van der Waals surface area (Å²) < 4.78 is 10.7.